The van der Waals surface area contributed by atoms with Gasteiger partial charge in [-0.05, 0) is 40.6 Å². The van der Waals surface area contributed by atoms with Gasteiger partial charge in [0.2, 0.25) is 5.82 Å². The molecule has 0 saturated heterocycles. The Morgan fingerprint density at radius 3 is 2.37 bits per heavy atom. The van der Waals surface area contributed by atoms with Crippen LogP contribution in [-0.4, -0.2) is 35.7 Å². The summed E-state index contributed by atoms with van der Waals surface area (Å²) in [5, 5.41) is 11.8. The minimum absolute atomic E-state index is 0.0830. The van der Waals surface area contributed by atoms with E-state index in [1.165, 1.54) is 24.0 Å². The lowest BCUT2D eigenvalue weighted by atomic mass is 10.1. The van der Waals surface area contributed by atoms with Crippen LogP contribution in [0.1, 0.15) is 0 Å². The maximum atomic E-state index is 13.1. The fourth-order valence-electron chi connectivity index (χ4n) is 3.00. The maximum Gasteiger partial charge on any atom is 0.262 e. The molecule has 3 aromatic carbocycles. The Labute approximate surface area is 174 Å². The van der Waals surface area contributed by atoms with Gasteiger partial charge in [0.15, 0.2) is 0 Å². The highest BCUT2D eigenvalue weighted by atomic mass is 32.2. The second-order valence-electron chi connectivity index (χ2n) is 6.52. The first-order valence-corrected chi connectivity index (χ1v) is 10.6. The molecule has 1 heterocycles. The molecule has 0 radical (unpaired) electrons. The van der Waals surface area contributed by atoms with E-state index in [1.54, 1.807) is 31.3 Å². The number of nitrogens with one attached hydrogen (secondary N) is 1. The van der Waals surface area contributed by atoms with Crippen molar-refractivity contribution in [1.82, 2.24) is 20.2 Å². The first kappa shape index (κ1) is 19.6. The Morgan fingerprint density at radius 1 is 0.900 bits per heavy atom. The second-order valence-corrected chi connectivity index (χ2v) is 8.20. The number of hydrogen-bond acceptors (Lipinski definition) is 6. The zero-order valence-electron chi connectivity index (χ0n) is 16.4. The number of tetrazole rings is 1. The van der Waals surface area contributed by atoms with E-state index in [-0.39, 0.29) is 4.90 Å². The van der Waals surface area contributed by atoms with E-state index in [0.29, 0.717) is 22.8 Å². The van der Waals surface area contributed by atoms with Gasteiger partial charge < -0.3 is 4.74 Å². The molecule has 0 unspecified atom stereocenters. The minimum atomic E-state index is -3.88. The van der Waals surface area contributed by atoms with E-state index in [2.05, 4.69) is 20.1 Å². The number of anilines is 1. The average Bonchev–Trinajstić information content (AvgIpc) is 3.20. The highest BCUT2D eigenvalue weighted by Gasteiger charge is 2.19. The Kier molecular flexibility index (Phi) is 5.20. The van der Waals surface area contributed by atoms with Gasteiger partial charge in [-0.25, -0.2) is 8.42 Å². The van der Waals surface area contributed by atoms with Crippen molar-refractivity contribution in [2.24, 2.45) is 7.05 Å². The van der Waals surface area contributed by atoms with Gasteiger partial charge in [0.05, 0.1) is 24.7 Å². The van der Waals surface area contributed by atoms with Crippen LogP contribution in [0.4, 0.5) is 5.69 Å². The van der Waals surface area contributed by atoms with Crippen molar-refractivity contribution in [3.05, 3.63) is 72.8 Å². The normalized spacial score (nSPS) is 11.3. The zero-order chi connectivity index (χ0) is 21.1. The molecule has 30 heavy (non-hydrogen) atoms. The van der Waals surface area contributed by atoms with Crippen molar-refractivity contribution >= 4 is 15.7 Å². The molecule has 4 rings (SSSR count). The topological polar surface area (TPSA) is 99.0 Å². The summed E-state index contributed by atoms with van der Waals surface area (Å²) >= 11 is 0. The van der Waals surface area contributed by atoms with E-state index in [0.717, 1.165) is 11.1 Å². The summed E-state index contributed by atoms with van der Waals surface area (Å²) in [5.74, 6) is 0.767. The Bertz CT molecular complexity index is 1290. The molecule has 1 N–H and O–H groups in total. The van der Waals surface area contributed by atoms with Gasteiger partial charge in [-0.3, -0.25) is 4.72 Å². The van der Waals surface area contributed by atoms with Crippen molar-refractivity contribution in [1.29, 1.82) is 0 Å². The summed E-state index contributed by atoms with van der Waals surface area (Å²) in [6.07, 6.45) is 0. The number of sulfonamides is 1. The molecule has 152 valence electrons. The summed E-state index contributed by atoms with van der Waals surface area (Å²) in [4.78, 5) is 1.40. The monoisotopic (exact) mass is 421 g/mol. The summed E-state index contributed by atoms with van der Waals surface area (Å²) in [5.41, 5.74) is 2.74. The summed E-state index contributed by atoms with van der Waals surface area (Å²) in [6.45, 7) is 0. The van der Waals surface area contributed by atoms with Gasteiger partial charge in [-0.15, -0.1) is 10.2 Å². The quantitative estimate of drug-likeness (QED) is 0.513. The molecule has 4 aromatic rings. The van der Waals surface area contributed by atoms with Crippen molar-refractivity contribution in [3.63, 3.8) is 0 Å². The Hall–Kier alpha value is -3.72. The molecule has 0 fully saturated rings. The number of rotatable bonds is 6. The SMILES string of the molecule is COc1ccc(-c2ccccc2)cc1NS(=O)(=O)c1cccc(-c2nnn(C)n2)c1. The van der Waals surface area contributed by atoms with Crippen LogP contribution >= 0.6 is 0 Å². The molecule has 0 aliphatic heterocycles. The molecule has 0 saturated carbocycles. The van der Waals surface area contributed by atoms with E-state index >= 15 is 0 Å². The molecule has 0 aliphatic rings. The lowest BCUT2D eigenvalue weighted by Gasteiger charge is -2.14. The van der Waals surface area contributed by atoms with E-state index < -0.39 is 10.0 Å². The number of aryl methyl sites for hydroxylation is 1. The van der Waals surface area contributed by atoms with Crippen molar-refractivity contribution in [2.45, 2.75) is 4.90 Å². The standard InChI is InChI=1S/C21H19N5O3S/c1-26-23-21(22-25-26)17-9-6-10-18(13-17)30(27,28)24-19-14-16(11-12-20(19)29-2)15-7-4-3-5-8-15/h3-14,24H,1-2H3. The number of nitrogens with zero attached hydrogens (tertiary/aromatic N) is 4. The predicted octanol–water partition coefficient (Wildman–Crippen LogP) is 3.35. The first-order valence-electron chi connectivity index (χ1n) is 9.07. The molecular weight excluding hydrogens is 402 g/mol. The van der Waals surface area contributed by atoms with Crippen LogP contribution in [0.25, 0.3) is 22.5 Å². The largest absolute Gasteiger partial charge is 0.495 e. The molecule has 9 heteroatoms. The Balaban J connectivity index is 1.70. The van der Waals surface area contributed by atoms with Crippen LogP contribution in [-0.2, 0) is 17.1 Å². The lowest BCUT2D eigenvalue weighted by Crippen LogP contribution is -2.14. The van der Waals surface area contributed by atoms with Gasteiger partial charge in [0, 0.05) is 5.56 Å². The van der Waals surface area contributed by atoms with Crippen molar-refractivity contribution in [3.8, 4) is 28.3 Å². The van der Waals surface area contributed by atoms with Crippen LogP contribution < -0.4 is 9.46 Å². The molecule has 0 atom stereocenters. The van der Waals surface area contributed by atoms with E-state index in [1.807, 2.05) is 36.4 Å². The molecular formula is C21H19N5O3S. The molecule has 8 nitrogen and oxygen atoms in total. The molecule has 0 spiro atoms. The minimum Gasteiger partial charge on any atom is -0.495 e. The fourth-order valence-corrected chi connectivity index (χ4v) is 4.11. The summed E-state index contributed by atoms with van der Waals surface area (Å²) in [6, 6.07) is 21.4. The average molecular weight is 421 g/mol. The molecule has 0 bridgehead atoms. The lowest BCUT2D eigenvalue weighted by molar-refractivity contribution is 0.417. The van der Waals surface area contributed by atoms with Crippen molar-refractivity contribution in [2.75, 3.05) is 11.8 Å². The highest BCUT2D eigenvalue weighted by molar-refractivity contribution is 7.92. The van der Waals surface area contributed by atoms with Crippen LogP contribution in [0.2, 0.25) is 0 Å². The van der Waals surface area contributed by atoms with Gasteiger partial charge in [-0.1, -0.05) is 48.5 Å². The van der Waals surface area contributed by atoms with Gasteiger partial charge in [0.25, 0.3) is 10.0 Å². The van der Waals surface area contributed by atoms with Crippen LogP contribution in [0.5, 0.6) is 5.75 Å². The number of aromatic nitrogens is 4. The third kappa shape index (κ3) is 4.01. The number of benzene rings is 3. The Morgan fingerprint density at radius 2 is 1.67 bits per heavy atom. The third-order valence-corrected chi connectivity index (χ3v) is 5.82. The van der Waals surface area contributed by atoms with Crippen LogP contribution in [0.15, 0.2) is 77.7 Å². The number of hydrogen-bond donors (Lipinski definition) is 1. The van der Waals surface area contributed by atoms with Crippen LogP contribution in [0, 0.1) is 0 Å². The number of methoxy groups -OCH3 is 1. The van der Waals surface area contributed by atoms with E-state index in [9.17, 15) is 8.42 Å². The summed E-state index contributed by atoms with van der Waals surface area (Å²) in [7, 11) is -0.742. The van der Waals surface area contributed by atoms with Crippen molar-refractivity contribution < 1.29 is 13.2 Å². The van der Waals surface area contributed by atoms with E-state index in [4.69, 9.17) is 4.74 Å². The molecule has 0 amide bonds. The number of ether oxygens (including phenoxy) is 1. The zero-order valence-corrected chi connectivity index (χ0v) is 17.2. The van der Waals surface area contributed by atoms with Gasteiger partial charge in [-0.2, -0.15) is 4.80 Å². The predicted molar refractivity (Wildman–Crippen MR) is 113 cm³/mol. The third-order valence-electron chi connectivity index (χ3n) is 4.46. The molecule has 1 aromatic heterocycles. The highest BCUT2D eigenvalue weighted by Crippen LogP contribution is 2.32. The fraction of sp³-hybridized carbons (Fsp3) is 0.0952. The summed E-state index contributed by atoms with van der Waals surface area (Å²) < 4.78 is 34.1. The first-order chi connectivity index (χ1) is 14.5. The van der Waals surface area contributed by atoms with Gasteiger partial charge in [0.1, 0.15) is 5.75 Å². The smallest absolute Gasteiger partial charge is 0.262 e. The molecule has 0 aliphatic carbocycles. The second kappa shape index (κ2) is 7.96. The van der Waals surface area contributed by atoms with Crippen LogP contribution in [0.3, 0.4) is 0 Å². The maximum absolute atomic E-state index is 13.1. The van der Waals surface area contributed by atoms with Gasteiger partial charge >= 0.3 is 0 Å².